The summed E-state index contributed by atoms with van der Waals surface area (Å²) < 4.78 is 21.5. The highest BCUT2D eigenvalue weighted by atomic mass is 35.5. The molecule has 0 aliphatic carbocycles. The number of aromatic nitrogens is 2. The van der Waals surface area contributed by atoms with Gasteiger partial charge in [-0.3, -0.25) is 20.0 Å². The van der Waals surface area contributed by atoms with Gasteiger partial charge >= 0.3 is 0 Å². The maximum atomic E-state index is 12.3. The second-order valence-electron chi connectivity index (χ2n) is 13.6. The van der Waals surface area contributed by atoms with Gasteiger partial charge in [-0.05, 0) is 33.2 Å². The van der Waals surface area contributed by atoms with Crippen molar-refractivity contribution in [2.75, 3.05) is 50.9 Å². The quantitative estimate of drug-likeness (QED) is 0.0356. The largest absolute Gasteiger partial charge is 0.389 e. The lowest BCUT2D eigenvalue weighted by Gasteiger charge is -2.33. The first-order valence-electron chi connectivity index (χ1n) is 18.2. The number of amides is 1. The monoisotopic (exact) mass is 778 g/mol. The highest BCUT2D eigenvalue weighted by Crippen LogP contribution is 2.21. The van der Waals surface area contributed by atoms with Crippen molar-refractivity contribution in [3.05, 3.63) is 10.8 Å². The number of anilines is 2. The maximum absolute atomic E-state index is 12.3. The Morgan fingerprint density at radius 3 is 2.00 bits per heavy atom. The van der Waals surface area contributed by atoms with Gasteiger partial charge in [0.15, 0.2) is 41.0 Å². The number of aliphatic imine (C=N–C) groups is 1. The van der Waals surface area contributed by atoms with Crippen LogP contribution < -0.4 is 22.5 Å². The van der Waals surface area contributed by atoms with Crippen LogP contribution in [-0.2, 0) is 18.9 Å². The minimum Gasteiger partial charge on any atom is -0.389 e. The van der Waals surface area contributed by atoms with Crippen molar-refractivity contribution in [3.8, 4) is 0 Å². The van der Waals surface area contributed by atoms with Crippen LogP contribution in [0.4, 0.5) is 11.6 Å². The average Bonchev–Trinajstić information content (AvgIpc) is 3.76. The number of aliphatic hydroxyl groups is 6. The van der Waals surface area contributed by atoms with Gasteiger partial charge in [0, 0.05) is 19.6 Å². The molecule has 0 unspecified atom stereocenters. The number of halogens is 1. The summed E-state index contributed by atoms with van der Waals surface area (Å²) in [4.78, 5) is 25.8. The smallest absolute Gasteiger partial charge is 0.280 e. The molecule has 3 heterocycles. The van der Waals surface area contributed by atoms with Crippen LogP contribution >= 0.6 is 11.6 Å². The number of rotatable bonds is 23. The van der Waals surface area contributed by atoms with Gasteiger partial charge in [-0.2, -0.15) is 0 Å². The Kier molecular flexibility index (Phi) is 19.3. The topological polar surface area (TPSA) is 307 Å². The predicted octanol–water partition coefficient (Wildman–Crippen LogP) is -1.16. The predicted molar refractivity (Wildman–Crippen MR) is 194 cm³/mol. The van der Waals surface area contributed by atoms with Gasteiger partial charge in [0.2, 0.25) is 0 Å². The third-order valence-electron chi connectivity index (χ3n) is 9.04. The zero-order valence-electron chi connectivity index (χ0n) is 30.5. The Hall–Kier alpha value is -2.53. The summed E-state index contributed by atoms with van der Waals surface area (Å²) in [6.07, 6.45) is -3.16. The molecule has 1 amide bonds. The van der Waals surface area contributed by atoms with Crippen molar-refractivity contribution < 1.29 is 54.4 Å². The Morgan fingerprint density at radius 1 is 0.849 bits per heavy atom. The number of nitrogen functional groups attached to an aromatic ring is 2. The van der Waals surface area contributed by atoms with Gasteiger partial charge in [0.1, 0.15) is 30.5 Å². The first-order chi connectivity index (χ1) is 25.2. The molecule has 19 nitrogen and oxygen atoms in total. The number of carbonyl (C=O) groups excluding carboxylic acids is 1. The SMILES string of the molecule is C[C@@H]1OC[C@H]([C@@H](O)[C@H](O)[C@@H](O)CN(CCCCCCCCCCCN=C(N)NC(=O)c2nc(Cl)c(N)nc2N)C[C@H](O)[C@@H](O)[C@H](O)[C@H]2OC[C@@H](C)O2)O1. The molecule has 53 heavy (non-hydrogen) atoms. The van der Waals surface area contributed by atoms with Crippen molar-refractivity contribution in [1.82, 2.24) is 20.2 Å². The minimum atomic E-state index is -1.59. The van der Waals surface area contributed by atoms with Crippen LogP contribution in [0.1, 0.15) is 82.1 Å². The zero-order valence-corrected chi connectivity index (χ0v) is 31.3. The number of hydrogen-bond donors (Lipinski definition) is 10. The van der Waals surface area contributed by atoms with Gasteiger partial charge in [0.25, 0.3) is 5.91 Å². The molecule has 1 aromatic rings. The third-order valence-corrected chi connectivity index (χ3v) is 9.32. The lowest BCUT2D eigenvalue weighted by Crippen LogP contribution is -2.53. The highest BCUT2D eigenvalue weighted by Gasteiger charge is 2.39. The van der Waals surface area contributed by atoms with Gasteiger partial charge in [0.05, 0.1) is 31.5 Å². The second-order valence-corrected chi connectivity index (χ2v) is 14.0. The van der Waals surface area contributed by atoms with Crippen molar-refractivity contribution in [3.63, 3.8) is 0 Å². The highest BCUT2D eigenvalue weighted by molar-refractivity contribution is 6.31. The zero-order chi connectivity index (χ0) is 39.1. The minimum absolute atomic E-state index is 0.0688. The lowest BCUT2D eigenvalue weighted by atomic mass is 10.0. The van der Waals surface area contributed by atoms with Crippen LogP contribution in [0.15, 0.2) is 4.99 Å². The Morgan fingerprint density at radius 2 is 1.43 bits per heavy atom. The van der Waals surface area contributed by atoms with E-state index in [0.717, 1.165) is 51.4 Å². The normalized spacial score (nSPS) is 24.2. The Balaban J connectivity index is 1.34. The number of unbranched alkanes of at least 4 members (excludes halogenated alkanes) is 8. The van der Waals surface area contributed by atoms with E-state index in [1.165, 1.54) is 0 Å². The van der Waals surface area contributed by atoms with Gasteiger partial charge < -0.3 is 66.8 Å². The maximum Gasteiger partial charge on any atom is 0.280 e. The molecule has 0 spiro atoms. The average molecular weight is 779 g/mol. The van der Waals surface area contributed by atoms with Crippen LogP contribution in [0.3, 0.4) is 0 Å². The molecular formula is C33H59ClN8O11. The van der Waals surface area contributed by atoms with Crippen LogP contribution in [0.25, 0.3) is 0 Å². The lowest BCUT2D eigenvalue weighted by molar-refractivity contribution is -0.182. The summed E-state index contributed by atoms with van der Waals surface area (Å²) in [7, 11) is 0. The van der Waals surface area contributed by atoms with E-state index in [9.17, 15) is 35.4 Å². The number of nitrogens with one attached hydrogen (secondary N) is 1. The van der Waals surface area contributed by atoms with Crippen LogP contribution in [0.5, 0.6) is 0 Å². The summed E-state index contributed by atoms with van der Waals surface area (Å²) >= 11 is 5.81. The van der Waals surface area contributed by atoms with Crippen LogP contribution in [0, 0.1) is 0 Å². The molecule has 2 aliphatic rings. The number of hydrogen-bond acceptors (Lipinski definition) is 17. The molecule has 0 saturated carbocycles. The molecule has 2 fully saturated rings. The molecule has 3 rings (SSSR count). The molecule has 2 aliphatic heterocycles. The molecule has 10 atom stereocenters. The third kappa shape index (κ3) is 14.9. The number of nitrogens with zero attached hydrogens (tertiary/aromatic N) is 4. The van der Waals surface area contributed by atoms with E-state index in [2.05, 4.69) is 20.3 Å². The number of guanidine groups is 1. The van der Waals surface area contributed by atoms with E-state index < -0.39 is 61.2 Å². The van der Waals surface area contributed by atoms with Crippen molar-refractivity contribution in [1.29, 1.82) is 0 Å². The fraction of sp³-hybridized carbons (Fsp3) is 0.818. The van der Waals surface area contributed by atoms with Gasteiger partial charge in [-0.1, -0.05) is 56.5 Å². The molecule has 0 bridgehead atoms. The van der Waals surface area contributed by atoms with Crippen LogP contribution in [0.2, 0.25) is 5.15 Å². The summed E-state index contributed by atoms with van der Waals surface area (Å²) in [6.45, 7) is 4.38. The van der Waals surface area contributed by atoms with Crippen molar-refractivity contribution in [2.45, 2.75) is 133 Å². The summed E-state index contributed by atoms with van der Waals surface area (Å²) in [6, 6.07) is 0. The van der Waals surface area contributed by atoms with E-state index in [1.807, 2.05) is 0 Å². The Labute approximate surface area is 314 Å². The fourth-order valence-electron chi connectivity index (χ4n) is 6.00. The molecule has 0 radical (unpaired) electrons. The van der Waals surface area contributed by atoms with E-state index in [1.54, 1.807) is 18.7 Å². The van der Waals surface area contributed by atoms with E-state index in [-0.39, 0.29) is 60.8 Å². The standard InChI is InChI=1S/C33H59ClN8O11/c1-18-16-51-32(52-18)27(48)25(46)21(44)15-42(14-20(43)24(45)26(47)22-17-50-19(2)53-22)13-11-9-7-5-3-4-6-8-10-12-38-33(37)41-31(49)23-29(35)40-30(36)28(34)39-23/h18-22,24-27,32,43-48H,3-17H2,1-2H3,(H4,35,36,40)(H3,37,38,41,49)/t18-,19-,20+,21+,22-,24-,25-,26-,27+,32+/m1/s1. The number of ether oxygens (including phenoxy) is 4. The van der Waals surface area contributed by atoms with Crippen molar-refractivity contribution in [2.24, 2.45) is 10.7 Å². The number of carbonyl (C=O) groups is 1. The molecule has 13 N–H and O–H groups in total. The fourth-order valence-corrected chi connectivity index (χ4v) is 6.12. The second kappa shape index (κ2) is 22.8. The molecule has 20 heteroatoms. The molecule has 1 aromatic heterocycles. The van der Waals surface area contributed by atoms with E-state index in [4.69, 9.17) is 47.7 Å². The molecule has 0 aromatic carbocycles. The molecule has 304 valence electrons. The first kappa shape index (κ1) is 44.9. The first-order valence-corrected chi connectivity index (χ1v) is 18.6. The van der Waals surface area contributed by atoms with Crippen LogP contribution in [-0.4, -0.2) is 158 Å². The molecule has 2 saturated heterocycles. The summed E-state index contributed by atoms with van der Waals surface area (Å²) in [5.74, 6) is -1.02. The summed E-state index contributed by atoms with van der Waals surface area (Å²) in [5, 5.41) is 66.3. The van der Waals surface area contributed by atoms with E-state index in [0.29, 0.717) is 19.5 Å². The Bertz CT molecular complexity index is 1250. The molecular weight excluding hydrogens is 720 g/mol. The van der Waals surface area contributed by atoms with Gasteiger partial charge in [-0.15, -0.1) is 0 Å². The summed E-state index contributed by atoms with van der Waals surface area (Å²) in [5.41, 5.74) is 16.8. The number of nitrogens with two attached hydrogens (primary N) is 3. The van der Waals surface area contributed by atoms with Crippen molar-refractivity contribution >= 4 is 35.1 Å². The number of aliphatic hydroxyl groups excluding tert-OH is 6. The van der Waals surface area contributed by atoms with E-state index >= 15 is 0 Å². The van der Waals surface area contributed by atoms with Gasteiger partial charge in [-0.25, -0.2) is 9.97 Å².